The average molecular weight is 444 g/mol. The monoisotopic (exact) mass is 443 g/mol. The van der Waals surface area contributed by atoms with Crippen molar-refractivity contribution >= 4 is 23.5 Å². The van der Waals surface area contributed by atoms with E-state index < -0.39 is 23.4 Å². The number of rotatable bonds is 8. The highest BCUT2D eigenvalue weighted by Gasteiger charge is 2.52. The second kappa shape index (κ2) is 9.56. The van der Waals surface area contributed by atoms with Crippen molar-refractivity contribution in [3.63, 3.8) is 0 Å². The van der Waals surface area contributed by atoms with E-state index in [0.29, 0.717) is 23.6 Å². The van der Waals surface area contributed by atoms with Crippen molar-refractivity contribution in [2.75, 3.05) is 18.5 Å². The van der Waals surface area contributed by atoms with Crippen LogP contribution in [0.25, 0.3) is 0 Å². The Bertz CT molecular complexity index is 1130. The van der Waals surface area contributed by atoms with Crippen molar-refractivity contribution in [1.29, 1.82) is 0 Å². The van der Waals surface area contributed by atoms with E-state index in [2.05, 4.69) is 10.6 Å². The molecule has 4 amide bonds. The molecule has 7 nitrogen and oxygen atoms in total. The third-order valence-corrected chi connectivity index (χ3v) is 5.51. The number of anilines is 1. The molecule has 2 N–H and O–H groups in total. The molecule has 3 aromatic rings. The first-order valence-corrected chi connectivity index (χ1v) is 10.8. The van der Waals surface area contributed by atoms with Gasteiger partial charge in [0.15, 0.2) is 5.54 Å². The number of imide groups is 1. The molecule has 0 aromatic heterocycles. The number of carbonyl (C=O) groups is 3. The highest BCUT2D eigenvalue weighted by molar-refractivity contribution is 6.10. The lowest BCUT2D eigenvalue weighted by molar-refractivity contribution is -0.134. The fourth-order valence-electron chi connectivity index (χ4n) is 3.96. The summed E-state index contributed by atoms with van der Waals surface area (Å²) in [6.45, 7) is 2.05. The van der Waals surface area contributed by atoms with Gasteiger partial charge in [0.25, 0.3) is 5.91 Å². The Morgan fingerprint density at radius 1 is 0.939 bits per heavy atom. The Hall–Kier alpha value is -4.13. The minimum Gasteiger partial charge on any atom is -0.494 e. The Balaban J connectivity index is 1.54. The predicted molar refractivity (Wildman–Crippen MR) is 125 cm³/mol. The Labute approximate surface area is 192 Å². The van der Waals surface area contributed by atoms with E-state index in [9.17, 15) is 14.4 Å². The molecular formula is C26H25N3O4. The molecule has 4 rings (SSSR count). The smallest absolute Gasteiger partial charge is 0.325 e. The second-order valence-corrected chi connectivity index (χ2v) is 7.76. The molecule has 1 fully saturated rings. The number of nitrogens with one attached hydrogen (secondary N) is 2. The van der Waals surface area contributed by atoms with Crippen LogP contribution in [-0.2, 0) is 21.5 Å². The van der Waals surface area contributed by atoms with Crippen LogP contribution in [0.5, 0.6) is 5.75 Å². The number of ether oxygens (including phenoxy) is 1. The van der Waals surface area contributed by atoms with Crippen molar-refractivity contribution < 1.29 is 19.1 Å². The van der Waals surface area contributed by atoms with Crippen LogP contribution < -0.4 is 15.4 Å². The molecule has 0 saturated carbocycles. The lowest BCUT2D eigenvalue weighted by Crippen LogP contribution is -2.46. The topological polar surface area (TPSA) is 87.7 Å². The maximum absolute atomic E-state index is 13.6. The number of amides is 4. The molecule has 1 atom stereocenters. The normalized spacial score (nSPS) is 17.5. The summed E-state index contributed by atoms with van der Waals surface area (Å²) in [6, 6.07) is 24.9. The molecule has 33 heavy (non-hydrogen) atoms. The molecule has 7 heteroatoms. The fraction of sp³-hybridized carbons (Fsp3) is 0.192. The minimum absolute atomic E-state index is 0.277. The molecule has 0 unspecified atom stereocenters. The highest BCUT2D eigenvalue weighted by atomic mass is 16.5. The average Bonchev–Trinajstić information content (AvgIpc) is 3.06. The summed E-state index contributed by atoms with van der Waals surface area (Å²) in [4.78, 5) is 40.1. The highest BCUT2D eigenvalue weighted by Crippen LogP contribution is 2.33. The zero-order valence-corrected chi connectivity index (χ0v) is 18.3. The van der Waals surface area contributed by atoms with Crippen LogP contribution >= 0.6 is 0 Å². The van der Waals surface area contributed by atoms with Crippen LogP contribution in [0.2, 0.25) is 0 Å². The van der Waals surface area contributed by atoms with E-state index in [-0.39, 0.29) is 13.0 Å². The maximum atomic E-state index is 13.6. The third-order valence-electron chi connectivity index (χ3n) is 5.51. The van der Waals surface area contributed by atoms with Gasteiger partial charge >= 0.3 is 6.03 Å². The zero-order chi connectivity index (χ0) is 23.3. The summed E-state index contributed by atoms with van der Waals surface area (Å²) in [7, 11) is 0. The van der Waals surface area contributed by atoms with Gasteiger partial charge in [-0.3, -0.25) is 14.5 Å². The molecule has 3 aromatic carbocycles. The van der Waals surface area contributed by atoms with Gasteiger partial charge in [-0.05, 0) is 42.3 Å². The molecule has 1 aliphatic heterocycles. The molecule has 0 aliphatic carbocycles. The van der Waals surface area contributed by atoms with E-state index in [4.69, 9.17) is 4.74 Å². The Kier molecular flexibility index (Phi) is 6.40. The molecule has 1 heterocycles. The SMILES string of the molecule is CCOc1ccc(NC(=O)CN2C(=O)N[C@](Cc3ccccc3)(c3ccccc3)C2=O)cc1. The molecule has 0 bridgehead atoms. The number of nitrogens with zero attached hydrogens (tertiary/aromatic N) is 1. The number of hydrogen-bond donors (Lipinski definition) is 2. The lowest BCUT2D eigenvalue weighted by Gasteiger charge is -2.27. The molecule has 0 radical (unpaired) electrons. The molecular weight excluding hydrogens is 418 g/mol. The molecule has 0 spiro atoms. The van der Waals surface area contributed by atoms with E-state index in [1.807, 2.05) is 67.6 Å². The van der Waals surface area contributed by atoms with Gasteiger partial charge < -0.3 is 15.4 Å². The predicted octanol–water partition coefficient (Wildman–Crippen LogP) is 3.71. The second-order valence-electron chi connectivity index (χ2n) is 7.76. The van der Waals surface area contributed by atoms with Gasteiger partial charge in [0, 0.05) is 12.1 Å². The first-order chi connectivity index (χ1) is 16.0. The van der Waals surface area contributed by atoms with Gasteiger partial charge in [-0.1, -0.05) is 60.7 Å². The van der Waals surface area contributed by atoms with Crippen molar-refractivity contribution in [2.45, 2.75) is 18.9 Å². The lowest BCUT2D eigenvalue weighted by atomic mass is 9.83. The Morgan fingerprint density at radius 3 is 2.21 bits per heavy atom. The standard InChI is InChI=1S/C26H25N3O4/c1-2-33-22-15-13-21(14-16-22)27-23(30)18-29-24(31)26(28-25(29)32,20-11-7-4-8-12-20)17-19-9-5-3-6-10-19/h3-16H,2,17-18H2,1H3,(H,27,30)(H,28,32)/t26-/m1/s1. The van der Waals surface area contributed by atoms with Crippen LogP contribution in [0, 0.1) is 0 Å². The van der Waals surface area contributed by atoms with Crippen LogP contribution in [0.15, 0.2) is 84.9 Å². The summed E-state index contributed by atoms with van der Waals surface area (Å²) in [5, 5.41) is 5.59. The van der Waals surface area contributed by atoms with E-state index in [1.54, 1.807) is 24.3 Å². The van der Waals surface area contributed by atoms with Crippen LogP contribution in [0.4, 0.5) is 10.5 Å². The summed E-state index contributed by atoms with van der Waals surface area (Å²) in [5.74, 6) is -0.228. The summed E-state index contributed by atoms with van der Waals surface area (Å²) < 4.78 is 5.40. The largest absolute Gasteiger partial charge is 0.494 e. The minimum atomic E-state index is -1.28. The Morgan fingerprint density at radius 2 is 1.58 bits per heavy atom. The van der Waals surface area contributed by atoms with Crippen LogP contribution in [0.1, 0.15) is 18.1 Å². The van der Waals surface area contributed by atoms with Gasteiger partial charge in [-0.2, -0.15) is 0 Å². The molecule has 1 saturated heterocycles. The van der Waals surface area contributed by atoms with Crippen molar-refractivity contribution in [1.82, 2.24) is 10.2 Å². The van der Waals surface area contributed by atoms with E-state index >= 15 is 0 Å². The van der Waals surface area contributed by atoms with Crippen LogP contribution in [-0.4, -0.2) is 35.9 Å². The first-order valence-electron chi connectivity index (χ1n) is 10.8. The number of benzene rings is 3. The fourth-order valence-corrected chi connectivity index (χ4v) is 3.96. The first kappa shape index (κ1) is 22.1. The summed E-state index contributed by atoms with van der Waals surface area (Å²) >= 11 is 0. The summed E-state index contributed by atoms with van der Waals surface area (Å²) in [5.41, 5.74) is 0.838. The van der Waals surface area contributed by atoms with Crippen molar-refractivity contribution in [2.24, 2.45) is 0 Å². The quantitative estimate of drug-likeness (QED) is 0.520. The van der Waals surface area contributed by atoms with Crippen molar-refractivity contribution in [3.05, 3.63) is 96.1 Å². The van der Waals surface area contributed by atoms with E-state index in [0.717, 1.165) is 10.5 Å². The zero-order valence-electron chi connectivity index (χ0n) is 18.3. The summed E-state index contributed by atoms with van der Waals surface area (Å²) in [6.07, 6.45) is 0.277. The van der Waals surface area contributed by atoms with Gasteiger partial charge in [-0.25, -0.2) is 4.79 Å². The molecule has 1 aliphatic rings. The van der Waals surface area contributed by atoms with E-state index in [1.165, 1.54) is 0 Å². The number of urea groups is 1. The van der Waals surface area contributed by atoms with Gasteiger partial charge in [0.05, 0.1) is 6.61 Å². The van der Waals surface area contributed by atoms with Crippen molar-refractivity contribution in [3.8, 4) is 5.75 Å². The maximum Gasteiger partial charge on any atom is 0.325 e. The van der Waals surface area contributed by atoms with Crippen LogP contribution in [0.3, 0.4) is 0 Å². The number of hydrogen-bond acceptors (Lipinski definition) is 4. The molecule has 168 valence electrons. The van der Waals surface area contributed by atoms with Gasteiger partial charge in [-0.15, -0.1) is 0 Å². The number of carbonyl (C=O) groups excluding carboxylic acids is 3. The third kappa shape index (κ3) is 4.72. The van der Waals surface area contributed by atoms with Gasteiger partial charge in [0.2, 0.25) is 5.91 Å². The van der Waals surface area contributed by atoms with Gasteiger partial charge in [0.1, 0.15) is 12.3 Å².